The van der Waals surface area contributed by atoms with Gasteiger partial charge in [-0.2, -0.15) is 0 Å². The summed E-state index contributed by atoms with van der Waals surface area (Å²) in [6.07, 6.45) is 0.870. The highest BCUT2D eigenvalue weighted by Crippen LogP contribution is 2.15. The van der Waals surface area contributed by atoms with Crippen molar-refractivity contribution in [2.75, 3.05) is 14.2 Å². The normalized spacial score (nSPS) is 10.0. The van der Waals surface area contributed by atoms with E-state index in [9.17, 15) is 4.79 Å². The summed E-state index contributed by atoms with van der Waals surface area (Å²) in [4.78, 5) is 13.0. The molecule has 1 amide bonds. The number of nitrogens with zero attached hydrogens (tertiary/aromatic N) is 1. The fourth-order valence-corrected chi connectivity index (χ4v) is 2.06. The second-order valence-corrected chi connectivity index (χ2v) is 4.71. The molecule has 0 aliphatic carbocycles. The molecule has 0 bridgehead atoms. The molecule has 4 heteroatoms. The van der Waals surface area contributed by atoms with Gasteiger partial charge in [0.1, 0.15) is 11.5 Å². The van der Waals surface area contributed by atoms with E-state index >= 15 is 0 Å². The molecule has 0 fully saturated rings. The highest BCUT2D eigenvalue weighted by atomic mass is 16.5. The lowest BCUT2D eigenvalue weighted by Gasteiger charge is -2.18. The standard InChI is InChI=1S/C17H19NO3/c1-20-16-7-3-14(4-8-16)11-18(13-19)12-15-5-9-17(21-2)10-6-15/h3-10,13H,11-12H2,1-2H3. The molecule has 2 rings (SSSR count). The maximum atomic E-state index is 11.2. The molecule has 0 atom stereocenters. The van der Waals surface area contributed by atoms with Crippen LogP contribution in [0.4, 0.5) is 0 Å². The molecule has 4 nitrogen and oxygen atoms in total. The molecule has 0 unspecified atom stereocenters. The topological polar surface area (TPSA) is 38.8 Å². The van der Waals surface area contributed by atoms with Crippen LogP contribution in [0.3, 0.4) is 0 Å². The Kier molecular flexibility index (Phi) is 5.21. The molecule has 0 aromatic heterocycles. The summed E-state index contributed by atoms with van der Waals surface area (Å²) in [5.41, 5.74) is 2.13. The molecule has 0 aliphatic heterocycles. The van der Waals surface area contributed by atoms with E-state index in [-0.39, 0.29) is 0 Å². The minimum absolute atomic E-state index is 0.569. The number of carbonyl (C=O) groups is 1. The Morgan fingerprint density at radius 1 is 0.810 bits per heavy atom. The molecule has 21 heavy (non-hydrogen) atoms. The summed E-state index contributed by atoms with van der Waals surface area (Å²) in [5, 5.41) is 0. The van der Waals surface area contributed by atoms with Crippen LogP contribution < -0.4 is 9.47 Å². The molecule has 0 heterocycles. The van der Waals surface area contributed by atoms with Crippen LogP contribution in [0, 0.1) is 0 Å². The zero-order valence-corrected chi connectivity index (χ0v) is 12.3. The van der Waals surface area contributed by atoms with E-state index in [4.69, 9.17) is 9.47 Å². The summed E-state index contributed by atoms with van der Waals surface area (Å²) in [6, 6.07) is 15.4. The van der Waals surface area contributed by atoms with E-state index in [0.29, 0.717) is 13.1 Å². The van der Waals surface area contributed by atoms with Gasteiger partial charge in [0.15, 0.2) is 0 Å². The minimum Gasteiger partial charge on any atom is -0.497 e. The maximum Gasteiger partial charge on any atom is 0.210 e. The first-order valence-electron chi connectivity index (χ1n) is 6.70. The zero-order valence-electron chi connectivity index (χ0n) is 12.3. The number of carbonyl (C=O) groups excluding carboxylic acids is 1. The Morgan fingerprint density at radius 2 is 1.19 bits per heavy atom. The summed E-state index contributed by atoms with van der Waals surface area (Å²) in [6.45, 7) is 1.14. The molecule has 0 N–H and O–H groups in total. The van der Waals surface area contributed by atoms with E-state index < -0.39 is 0 Å². The van der Waals surface area contributed by atoms with Crippen molar-refractivity contribution >= 4 is 6.41 Å². The van der Waals surface area contributed by atoms with Crippen molar-refractivity contribution in [2.24, 2.45) is 0 Å². The fraction of sp³-hybridized carbons (Fsp3) is 0.235. The molecule has 0 aliphatic rings. The molecule has 0 radical (unpaired) electrons. The number of hydrogen-bond donors (Lipinski definition) is 0. The lowest BCUT2D eigenvalue weighted by molar-refractivity contribution is -0.119. The summed E-state index contributed by atoms with van der Waals surface area (Å²) in [5.74, 6) is 1.62. The van der Waals surface area contributed by atoms with Crippen molar-refractivity contribution in [1.29, 1.82) is 0 Å². The third kappa shape index (κ3) is 4.24. The van der Waals surface area contributed by atoms with E-state index in [0.717, 1.165) is 29.0 Å². The van der Waals surface area contributed by atoms with Gasteiger partial charge < -0.3 is 14.4 Å². The van der Waals surface area contributed by atoms with Gasteiger partial charge in [-0.25, -0.2) is 0 Å². The van der Waals surface area contributed by atoms with E-state index in [2.05, 4.69) is 0 Å². The zero-order chi connectivity index (χ0) is 15.1. The van der Waals surface area contributed by atoms with Crippen molar-refractivity contribution in [3.8, 4) is 11.5 Å². The van der Waals surface area contributed by atoms with Gasteiger partial charge in [0, 0.05) is 13.1 Å². The average Bonchev–Trinajstić information content (AvgIpc) is 2.55. The Morgan fingerprint density at radius 3 is 1.48 bits per heavy atom. The largest absolute Gasteiger partial charge is 0.497 e. The molecule has 2 aromatic carbocycles. The first-order chi connectivity index (χ1) is 10.2. The second kappa shape index (κ2) is 7.33. The quantitative estimate of drug-likeness (QED) is 0.734. The van der Waals surface area contributed by atoms with Gasteiger partial charge in [-0.3, -0.25) is 4.79 Å². The number of benzene rings is 2. The van der Waals surface area contributed by atoms with Crippen LogP contribution >= 0.6 is 0 Å². The molecule has 2 aromatic rings. The van der Waals surface area contributed by atoms with Crippen LogP contribution in [-0.2, 0) is 17.9 Å². The van der Waals surface area contributed by atoms with Crippen LogP contribution in [-0.4, -0.2) is 25.5 Å². The third-order valence-corrected chi connectivity index (χ3v) is 3.24. The highest BCUT2D eigenvalue weighted by Gasteiger charge is 2.05. The van der Waals surface area contributed by atoms with E-state index in [1.54, 1.807) is 19.1 Å². The van der Waals surface area contributed by atoms with Crippen LogP contribution in [0.15, 0.2) is 48.5 Å². The van der Waals surface area contributed by atoms with Crippen molar-refractivity contribution in [3.05, 3.63) is 59.7 Å². The first-order valence-corrected chi connectivity index (χ1v) is 6.70. The van der Waals surface area contributed by atoms with Crippen LogP contribution in [0.25, 0.3) is 0 Å². The number of ether oxygens (including phenoxy) is 2. The first kappa shape index (κ1) is 14.9. The fourth-order valence-electron chi connectivity index (χ4n) is 2.06. The summed E-state index contributed by atoms with van der Waals surface area (Å²) < 4.78 is 10.2. The summed E-state index contributed by atoms with van der Waals surface area (Å²) >= 11 is 0. The van der Waals surface area contributed by atoms with E-state index in [1.807, 2.05) is 48.5 Å². The van der Waals surface area contributed by atoms with Gasteiger partial charge in [0.05, 0.1) is 14.2 Å². The van der Waals surface area contributed by atoms with Crippen LogP contribution in [0.5, 0.6) is 11.5 Å². The third-order valence-electron chi connectivity index (χ3n) is 3.24. The van der Waals surface area contributed by atoms with Crippen LogP contribution in [0.1, 0.15) is 11.1 Å². The Hall–Kier alpha value is -2.49. The van der Waals surface area contributed by atoms with Crippen LogP contribution in [0.2, 0.25) is 0 Å². The SMILES string of the molecule is COc1ccc(CN(C=O)Cc2ccc(OC)cc2)cc1. The van der Waals surface area contributed by atoms with Gasteiger partial charge in [-0.1, -0.05) is 24.3 Å². The number of hydrogen-bond acceptors (Lipinski definition) is 3. The predicted molar refractivity (Wildman–Crippen MR) is 81.3 cm³/mol. The average molecular weight is 285 g/mol. The lowest BCUT2D eigenvalue weighted by Crippen LogP contribution is -2.20. The van der Waals surface area contributed by atoms with Gasteiger partial charge in [0.2, 0.25) is 6.41 Å². The van der Waals surface area contributed by atoms with Crippen molar-refractivity contribution in [2.45, 2.75) is 13.1 Å². The summed E-state index contributed by atoms with van der Waals surface area (Å²) in [7, 11) is 3.27. The van der Waals surface area contributed by atoms with Crippen molar-refractivity contribution in [3.63, 3.8) is 0 Å². The highest BCUT2D eigenvalue weighted by molar-refractivity contribution is 5.48. The lowest BCUT2D eigenvalue weighted by atomic mass is 10.1. The predicted octanol–water partition coefficient (Wildman–Crippen LogP) is 2.86. The molecular formula is C17H19NO3. The molecule has 0 saturated heterocycles. The van der Waals surface area contributed by atoms with E-state index in [1.165, 1.54) is 0 Å². The number of amides is 1. The Bertz CT molecular complexity index is 514. The second-order valence-electron chi connectivity index (χ2n) is 4.71. The molecular weight excluding hydrogens is 266 g/mol. The minimum atomic E-state index is 0.569. The molecule has 0 spiro atoms. The van der Waals surface area contributed by atoms with Gasteiger partial charge >= 0.3 is 0 Å². The van der Waals surface area contributed by atoms with Crippen molar-refractivity contribution < 1.29 is 14.3 Å². The van der Waals surface area contributed by atoms with Gasteiger partial charge in [-0.15, -0.1) is 0 Å². The Balaban J connectivity index is 1.99. The Labute approximate surface area is 124 Å². The van der Waals surface area contributed by atoms with Crippen molar-refractivity contribution in [1.82, 2.24) is 4.90 Å². The molecule has 110 valence electrons. The monoisotopic (exact) mass is 285 g/mol. The molecule has 0 saturated carbocycles. The smallest absolute Gasteiger partial charge is 0.210 e. The van der Waals surface area contributed by atoms with Gasteiger partial charge in [0.25, 0.3) is 0 Å². The van der Waals surface area contributed by atoms with Gasteiger partial charge in [-0.05, 0) is 35.4 Å². The maximum absolute atomic E-state index is 11.2. The number of rotatable bonds is 7. The number of methoxy groups -OCH3 is 2.